The smallest absolute Gasteiger partial charge is 0.422 e. The predicted molar refractivity (Wildman–Crippen MR) is 137 cm³/mol. The van der Waals surface area contributed by atoms with Crippen molar-refractivity contribution in [3.8, 4) is 6.01 Å². The number of aromatic nitrogens is 4. The van der Waals surface area contributed by atoms with Crippen LogP contribution in [0.15, 0.2) is 42.6 Å². The number of rotatable bonds is 9. The third kappa shape index (κ3) is 9.44. The number of carbonyl (C=O) groups excluding carboxylic acids is 1. The Labute approximate surface area is 230 Å². The van der Waals surface area contributed by atoms with E-state index in [1.807, 2.05) is 17.9 Å². The number of amides is 1. The van der Waals surface area contributed by atoms with Gasteiger partial charge in [-0.3, -0.25) is 9.69 Å². The first-order valence-corrected chi connectivity index (χ1v) is 12.4. The fourth-order valence-electron chi connectivity index (χ4n) is 4.00. The lowest BCUT2D eigenvalue weighted by Crippen LogP contribution is -2.43. The van der Waals surface area contributed by atoms with Crippen LogP contribution in [0.2, 0.25) is 0 Å². The van der Waals surface area contributed by atoms with Gasteiger partial charge in [-0.1, -0.05) is 6.07 Å². The summed E-state index contributed by atoms with van der Waals surface area (Å²) in [6.45, 7) is 1.43. The van der Waals surface area contributed by atoms with E-state index in [1.165, 1.54) is 6.07 Å². The molecule has 1 saturated heterocycles. The molecule has 3 aromatic rings. The van der Waals surface area contributed by atoms with Gasteiger partial charge in [0.25, 0.3) is 0 Å². The number of hydrogen-bond acceptors (Lipinski definition) is 9. The van der Waals surface area contributed by atoms with E-state index < -0.39 is 30.5 Å². The zero-order valence-corrected chi connectivity index (χ0v) is 21.7. The van der Waals surface area contributed by atoms with Crippen LogP contribution in [0.4, 0.5) is 49.7 Å². The number of hydrogen-bond donors (Lipinski definition) is 3. The van der Waals surface area contributed by atoms with Crippen molar-refractivity contribution in [2.24, 2.45) is 0 Å². The lowest BCUT2D eigenvalue weighted by Gasteiger charge is -2.31. The largest absolute Gasteiger partial charge is 0.454 e. The van der Waals surface area contributed by atoms with E-state index in [0.717, 1.165) is 23.8 Å². The average molecular weight is 585 g/mol. The molecule has 16 heteroatoms. The molecule has 0 atom stereocenters. The second-order valence-electron chi connectivity index (χ2n) is 9.33. The molecule has 0 spiro atoms. The Bertz CT molecular complexity index is 1350. The molecule has 0 radical (unpaired) electrons. The van der Waals surface area contributed by atoms with Gasteiger partial charge in [0.2, 0.25) is 17.8 Å². The standard InChI is InChI=1S/C25H26F6N8O2/c1-15-5-8-32-19(11-15)35-20(40)13-39-9-6-17(7-10-39)33-21-36-22(38-23(37-21)41-14-24(26,27)28)34-18-4-2-3-16(12-18)25(29,30)31/h2-5,8,11-12,17H,6-7,9-10,13-14H2,1H3,(H,32,35,40)(H2,33,34,36,37,38). The van der Waals surface area contributed by atoms with Gasteiger partial charge in [-0.2, -0.15) is 41.3 Å². The van der Waals surface area contributed by atoms with Gasteiger partial charge in [0.05, 0.1) is 12.1 Å². The minimum absolute atomic E-state index is 0.0359. The van der Waals surface area contributed by atoms with E-state index >= 15 is 0 Å². The summed E-state index contributed by atoms with van der Waals surface area (Å²) >= 11 is 0. The molecule has 220 valence electrons. The number of nitrogens with zero attached hydrogens (tertiary/aromatic N) is 5. The number of alkyl halides is 6. The zero-order chi connectivity index (χ0) is 29.6. The van der Waals surface area contributed by atoms with Gasteiger partial charge in [-0.05, 0) is 55.7 Å². The highest BCUT2D eigenvalue weighted by Crippen LogP contribution is 2.31. The van der Waals surface area contributed by atoms with Gasteiger partial charge in [0.1, 0.15) is 5.82 Å². The number of piperidine rings is 1. The number of ether oxygens (including phenoxy) is 1. The normalized spacial score (nSPS) is 14.9. The highest BCUT2D eigenvalue weighted by Gasteiger charge is 2.31. The Balaban J connectivity index is 1.39. The summed E-state index contributed by atoms with van der Waals surface area (Å²) < 4.78 is 82.1. The molecular formula is C25H26F6N8O2. The van der Waals surface area contributed by atoms with Crippen LogP contribution in [-0.2, 0) is 11.0 Å². The average Bonchev–Trinajstić information content (AvgIpc) is 2.88. The molecule has 0 unspecified atom stereocenters. The van der Waals surface area contributed by atoms with Crippen molar-refractivity contribution < 1.29 is 35.9 Å². The summed E-state index contributed by atoms with van der Waals surface area (Å²) in [5.74, 6) is -0.186. The number of nitrogens with one attached hydrogen (secondary N) is 3. The van der Waals surface area contributed by atoms with Gasteiger partial charge in [0, 0.05) is 31.0 Å². The summed E-state index contributed by atoms with van der Waals surface area (Å²) in [6.07, 6.45) is -6.56. The van der Waals surface area contributed by atoms with Crippen LogP contribution in [0.5, 0.6) is 6.01 Å². The van der Waals surface area contributed by atoms with Crippen molar-refractivity contribution in [1.82, 2.24) is 24.8 Å². The van der Waals surface area contributed by atoms with E-state index in [1.54, 1.807) is 12.3 Å². The molecule has 3 heterocycles. The number of aryl methyl sites for hydroxylation is 1. The molecule has 2 aromatic heterocycles. The molecule has 4 rings (SSSR count). The number of anilines is 4. The Kier molecular flexibility index (Phi) is 9.10. The third-order valence-corrected chi connectivity index (χ3v) is 5.90. The fraction of sp³-hybridized carbons (Fsp3) is 0.400. The van der Waals surface area contributed by atoms with Crippen LogP contribution in [0.1, 0.15) is 24.0 Å². The second-order valence-corrected chi connectivity index (χ2v) is 9.33. The maximum absolute atomic E-state index is 13.1. The maximum Gasteiger partial charge on any atom is 0.422 e. The van der Waals surface area contributed by atoms with Gasteiger partial charge >= 0.3 is 18.4 Å². The highest BCUT2D eigenvalue weighted by atomic mass is 19.4. The number of pyridine rings is 1. The molecule has 41 heavy (non-hydrogen) atoms. The second kappa shape index (κ2) is 12.5. The summed E-state index contributed by atoms with van der Waals surface area (Å²) in [7, 11) is 0. The van der Waals surface area contributed by atoms with Gasteiger partial charge in [-0.25, -0.2) is 4.98 Å². The van der Waals surface area contributed by atoms with Crippen molar-refractivity contribution in [2.45, 2.75) is 38.2 Å². The molecule has 0 saturated carbocycles. The first kappa shape index (κ1) is 29.8. The summed E-state index contributed by atoms with van der Waals surface area (Å²) in [4.78, 5) is 30.2. The SMILES string of the molecule is Cc1ccnc(NC(=O)CN2CCC(Nc3nc(Nc4cccc(C(F)(F)F)c4)nc(OCC(F)(F)F)n3)CC2)c1. The Morgan fingerprint density at radius 3 is 2.44 bits per heavy atom. The molecule has 1 aliphatic heterocycles. The maximum atomic E-state index is 13.1. The summed E-state index contributed by atoms with van der Waals surface area (Å²) in [5, 5.41) is 8.33. The molecular weight excluding hydrogens is 558 g/mol. The molecule has 10 nitrogen and oxygen atoms in total. The van der Waals surface area contributed by atoms with Crippen molar-refractivity contribution in [3.05, 3.63) is 53.7 Å². The van der Waals surface area contributed by atoms with Gasteiger partial charge in [-0.15, -0.1) is 0 Å². The van der Waals surface area contributed by atoms with E-state index in [0.29, 0.717) is 31.7 Å². The van der Waals surface area contributed by atoms with Crippen LogP contribution in [0, 0.1) is 6.92 Å². The van der Waals surface area contributed by atoms with Gasteiger partial charge < -0.3 is 20.7 Å². The highest BCUT2D eigenvalue weighted by molar-refractivity contribution is 5.91. The number of carbonyl (C=O) groups is 1. The van der Waals surface area contributed by atoms with Gasteiger partial charge in [0.15, 0.2) is 6.61 Å². The minimum atomic E-state index is -4.66. The molecule has 1 amide bonds. The Hall–Kier alpha value is -4.21. The van der Waals surface area contributed by atoms with Crippen molar-refractivity contribution in [2.75, 3.05) is 42.2 Å². The van der Waals surface area contributed by atoms with Crippen LogP contribution in [0.3, 0.4) is 0 Å². The van der Waals surface area contributed by atoms with E-state index in [2.05, 4.69) is 40.6 Å². The number of likely N-dealkylation sites (tertiary alicyclic amines) is 1. The first-order chi connectivity index (χ1) is 19.3. The topological polar surface area (TPSA) is 117 Å². The molecule has 1 aliphatic rings. The first-order valence-electron chi connectivity index (χ1n) is 12.4. The fourth-order valence-corrected chi connectivity index (χ4v) is 4.00. The van der Waals surface area contributed by atoms with E-state index in [4.69, 9.17) is 0 Å². The lowest BCUT2D eigenvalue weighted by molar-refractivity contribution is -0.154. The summed E-state index contributed by atoms with van der Waals surface area (Å²) in [5.41, 5.74) is -0.00843. The number of halogens is 6. The van der Waals surface area contributed by atoms with E-state index in [9.17, 15) is 31.1 Å². The Morgan fingerprint density at radius 1 is 1.02 bits per heavy atom. The van der Waals surface area contributed by atoms with E-state index in [-0.39, 0.29) is 36.1 Å². The monoisotopic (exact) mass is 584 g/mol. The van der Waals surface area contributed by atoms with Crippen molar-refractivity contribution in [3.63, 3.8) is 0 Å². The third-order valence-electron chi connectivity index (χ3n) is 5.90. The van der Waals surface area contributed by atoms with Crippen LogP contribution < -0.4 is 20.7 Å². The molecule has 1 fully saturated rings. The molecule has 0 bridgehead atoms. The lowest BCUT2D eigenvalue weighted by atomic mass is 10.1. The van der Waals surface area contributed by atoms with Crippen LogP contribution in [0.25, 0.3) is 0 Å². The van der Waals surface area contributed by atoms with Crippen LogP contribution in [-0.4, -0.2) is 69.2 Å². The van der Waals surface area contributed by atoms with Crippen LogP contribution >= 0.6 is 0 Å². The minimum Gasteiger partial charge on any atom is -0.454 e. The predicted octanol–water partition coefficient (Wildman–Crippen LogP) is 4.79. The zero-order valence-electron chi connectivity index (χ0n) is 21.7. The number of benzene rings is 1. The quantitative estimate of drug-likeness (QED) is 0.305. The Morgan fingerprint density at radius 2 is 1.76 bits per heavy atom. The molecule has 0 aliphatic carbocycles. The molecule has 3 N–H and O–H groups in total. The van der Waals surface area contributed by atoms with Crippen molar-refractivity contribution in [1.29, 1.82) is 0 Å². The van der Waals surface area contributed by atoms with Crippen molar-refractivity contribution >= 4 is 29.3 Å². The molecule has 1 aromatic carbocycles. The summed E-state index contributed by atoms with van der Waals surface area (Å²) in [6, 6.07) is 6.88.